The quantitative estimate of drug-likeness (QED) is 0.519. The number of carbonyl (C=O) groups excluding carboxylic acids is 1. The Labute approximate surface area is 163 Å². The van der Waals surface area contributed by atoms with Gasteiger partial charge in [0.05, 0.1) is 6.54 Å². The molecule has 0 unspecified atom stereocenters. The van der Waals surface area contributed by atoms with Gasteiger partial charge in [0.25, 0.3) is 5.91 Å². The molecule has 0 aliphatic rings. The molecule has 0 saturated carbocycles. The fourth-order valence-corrected chi connectivity index (χ4v) is 2.55. The van der Waals surface area contributed by atoms with Crippen molar-refractivity contribution in [3.63, 3.8) is 0 Å². The van der Waals surface area contributed by atoms with Gasteiger partial charge >= 0.3 is 0 Å². The number of carbonyl (C=O) groups is 1. The first kappa shape index (κ1) is 19.2. The molecule has 5 nitrogen and oxygen atoms in total. The molecule has 142 valence electrons. The van der Waals surface area contributed by atoms with Crippen LogP contribution in [0.4, 0.5) is 10.1 Å². The second-order valence-corrected chi connectivity index (χ2v) is 6.17. The van der Waals surface area contributed by atoms with Crippen LogP contribution in [0.15, 0.2) is 78.0 Å². The molecule has 0 radical (unpaired) electrons. The predicted octanol–water partition coefficient (Wildman–Crippen LogP) is 4.18. The Morgan fingerprint density at radius 2 is 1.89 bits per heavy atom. The van der Waals surface area contributed by atoms with E-state index in [-0.39, 0.29) is 17.7 Å². The third-order valence-corrected chi connectivity index (χ3v) is 4.09. The van der Waals surface area contributed by atoms with Gasteiger partial charge in [0.2, 0.25) is 5.96 Å². The van der Waals surface area contributed by atoms with E-state index in [1.807, 2.05) is 24.3 Å². The summed E-state index contributed by atoms with van der Waals surface area (Å²) in [5, 5.41) is 5.74. The van der Waals surface area contributed by atoms with Crippen LogP contribution in [0.5, 0.6) is 0 Å². The summed E-state index contributed by atoms with van der Waals surface area (Å²) in [6, 6.07) is 17.1. The zero-order chi connectivity index (χ0) is 19.8. The molecule has 1 heterocycles. The van der Waals surface area contributed by atoms with Crippen LogP contribution in [0.3, 0.4) is 0 Å². The lowest BCUT2D eigenvalue weighted by Gasteiger charge is -2.12. The summed E-state index contributed by atoms with van der Waals surface area (Å²) in [4.78, 5) is 21.1. The first-order valence-electron chi connectivity index (χ1n) is 9.00. The van der Waals surface area contributed by atoms with Gasteiger partial charge in [0, 0.05) is 23.6 Å². The van der Waals surface area contributed by atoms with E-state index in [0.29, 0.717) is 17.8 Å². The molecule has 2 aromatic carbocycles. The molecule has 28 heavy (non-hydrogen) atoms. The van der Waals surface area contributed by atoms with Crippen LogP contribution < -0.4 is 10.6 Å². The topological polar surface area (TPSA) is 66.4 Å². The highest BCUT2D eigenvalue weighted by atomic mass is 19.1. The maximum atomic E-state index is 13.5. The molecule has 0 bridgehead atoms. The minimum Gasteiger partial charge on any atom is -0.326 e. The van der Waals surface area contributed by atoms with Crippen LogP contribution >= 0.6 is 0 Å². The van der Waals surface area contributed by atoms with Gasteiger partial charge in [0.1, 0.15) is 5.82 Å². The van der Waals surface area contributed by atoms with E-state index in [0.717, 1.165) is 17.5 Å². The van der Waals surface area contributed by atoms with Gasteiger partial charge in [-0.2, -0.15) is 0 Å². The fourth-order valence-electron chi connectivity index (χ4n) is 2.55. The van der Waals surface area contributed by atoms with Crippen LogP contribution in [-0.4, -0.2) is 16.9 Å². The number of guanidine groups is 1. The highest BCUT2D eigenvalue weighted by molar-refractivity contribution is 6.09. The Kier molecular flexibility index (Phi) is 6.46. The van der Waals surface area contributed by atoms with Crippen LogP contribution in [0.1, 0.15) is 28.4 Å². The fraction of sp³-hybridized carbons (Fsp3) is 0.136. The average Bonchev–Trinajstić information content (AvgIpc) is 2.73. The Hall–Kier alpha value is -3.54. The molecule has 1 amide bonds. The molecule has 3 aromatic rings. The standard InChI is InChI=1S/C22H21FN4O/c1-2-16-8-10-18(11-9-16)21(28)27-22(25-15-17-5-4-12-24-14-17)26-20-7-3-6-19(23)13-20/h3-14H,2,15H2,1H3,(H2,25,26,27,28). The number of aryl methyl sites for hydroxylation is 1. The molecule has 0 spiro atoms. The number of hydrogen-bond acceptors (Lipinski definition) is 3. The van der Waals surface area contributed by atoms with Crippen molar-refractivity contribution in [3.05, 3.63) is 95.6 Å². The predicted molar refractivity (Wildman–Crippen MR) is 109 cm³/mol. The molecule has 0 atom stereocenters. The third-order valence-electron chi connectivity index (χ3n) is 4.09. The molecule has 0 aliphatic carbocycles. The van der Waals surface area contributed by atoms with Gasteiger partial charge in [-0.25, -0.2) is 9.38 Å². The van der Waals surface area contributed by atoms with E-state index in [1.54, 1.807) is 36.7 Å². The smallest absolute Gasteiger partial charge is 0.257 e. The number of hydrogen-bond donors (Lipinski definition) is 2. The normalized spacial score (nSPS) is 11.1. The van der Waals surface area contributed by atoms with Gasteiger partial charge in [-0.15, -0.1) is 0 Å². The third kappa shape index (κ3) is 5.48. The van der Waals surface area contributed by atoms with Crippen molar-refractivity contribution < 1.29 is 9.18 Å². The second-order valence-electron chi connectivity index (χ2n) is 6.17. The highest BCUT2D eigenvalue weighted by Gasteiger charge is 2.10. The Morgan fingerprint density at radius 1 is 1.07 bits per heavy atom. The second kappa shape index (κ2) is 9.41. The van der Waals surface area contributed by atoms with Crippen molar-refractivity contribution >= 4 is 17.6 Å². The first-order valence-corrected chi connectivity index (χ1v) is 9.00. The number of amides is 1. The number of nitrogens with one attached hydrogen (secondary N) is 2. The maximum Gasteiger partial charge on any atom is 0.257 e. The number of anilines is 1. The molecule has 6 heteroatoms. The van der Waals surface area contributed by atoms with Gasteiger partial charge < -0.3 is 5.32 Å². The van der Waals surface area contributed by atoms with E-state index in [1.165, 1.54) is 12.1 Å². The zero-order valence-corrected chi connectivity index (χ0v) is 15.5. The summed E-state index contributed by atoms with van der Waals surface area (Å²) in [6.07, 6.45) is 4.29. The van der Waals surface area contributed by atoms with Gasteiger partial charge in [-0.05, 0) is 53.9 Å². The highest BCUT2D eigenvalue weighted by Crippen LogP contribution is 2.10. The Bertz CT molecular complexity index is 956. The van der Waals surface area contributed by atoms with Gasteiger partial charge in [-0.1, -0.05) is 31.2 Å². The number of aromatic nitrogens is 1. The summed E-state index contributed by atoms with van der Waals surface area (Å²) in [7, 11) is 0. The lowest BCUT2D eigenvalue weighted by molar-refractivity contribution is 0.0977. The van der Waals surface area contributed by atoms with E-state index in [2.05, 4.69) is 27.5 Å². The first-order chi connectivity index (χ1) is 13.6. The molecule has 0 saturated heterocycles. The number of aliphatic imine (C=N–C) groups is 1. The van der Waals surface area contributed by atoms with Crippen molar-refractivity contribution in [3.8, 4) is 0 Å². The van der Waals surface area contributed by atoms with Gasteiger partial charge in [0.15, 0.2) is 0 Å². The largest absolute Gasteiger partial charge is 0.326 e. The molecule has 2 N–H and O–H groups in total. The lowest BCUT2D eigenvalue weighted by atomic mass is 10.1. The molecule has 3 rings (SSSR count). The molecular weight excluding hydrogens is 355 g/mol. The van der Waals surface area contributed by atoms with Crippen molar-refractivity contribution in [2.75, 3.05) is 5.32 Å². The summed E-state index contributed by atoms with van der Waals surface area (Å²) >= 11 is 0. The van der Waals surface area contributed by atoms with E-state index >= 15 is 0 Å². The summed E-state index contributed by atoms with van der Waals surface area (Å²) in [6.45, 7) is 2.38. The van der Waals surface area contributed by atoms with Crippen molar-refractivity contribution in [1.82, 2.24) is 10.3 Å². The van der Waals surface area contributed by atoms with Crippen LogP contribution in [-0.2, 0) is 13.0 Å². The maximum absolute atomic E-state index is 13.5. The molecule has 0 aliphatic heterocycles. The number of benzene rings is 2. The Balaban J connectivity index is 1.78. The van der Waals surface area contributed by atoms with Crippen LogP contribution in [0.25, 0.3) is 0 Å². The van der Waals surface area contributed by atoms with E-state index in [4.69, 9.17) is 0 Å². The Morgan fingerprint density at radius 3 is 2.57 bits per heavy atom. The zero-order valence-electron chi connectivity index (χ0n) is 15.5. The minimum atomic E-state index is -0.377. The summed E-state index contributed by atoms with van der Waals surface area (Å²) in [5.74, 6) is -0.436. The summed E-state index contributed by atoms with van der Waals surface area (Å²) in [5.41, 5.74) is 3.06. The van der Waals surface area contributed by atoms with Crippen molar-refractivity contribution in [2.45, 2.75) is 19.9 Å². The van der Waals surface area contributed by atoms with Crippen molar-refractivity contribution in [2.24, 2.45) is 4.99 Å². The number of pyridine rings is 1. The monoisotopic (exact) mass is 376 g/mol. The summed E-state index contributed by atoms with van der Waals surface area (Å²) < 4.78 is 13.5. The minimum absolute atomic E-state index is 0.235. The van der Waals surface area contributed by atoms with Crippen molar-refractivity contribution in [1.29, 1.82) is 0 Å². The number of halogens is 1. The lowest BCUT2D eigenvalue weighted by Crippen LogP contribution is -2.36. The van der Waals surface area contributed by atoms with Crippen LogP contribution in [0.2, 0.25) is 0 Å². The number of nitrogens with zero attached hydrogens (tertiary/aromatic N) is 2. The molecular formula is C22H21FN4O. The molecule has 1 aromatic heterocycles. The van der Waals surface area contributed by atoms with E-state index in [9.17, 15) is 9.18 Å². The number of rotatable bonds is 5. The average molecular weight is 376 g/mol. The van der Waals surface area contributed by atoms with E-state index < -0.39 is 0 Å². The van der Waals surface area contributed by atoms with Crippen LogP contribution in [0, 0.1) is 5.82 Å². The SMILES string of the molecule is CCc1ccc(C(=O)NC(=NCc2cccnc2)Nc2cccc(F)c2)cc1. The van der Waals surface area contributed by atoms with Gasteiger partial charge in [-0.3, -0.25) is 15.1 Å². The molecule has 0 fully saturated rings.